The number of pyridine rings is 1. The van der Waals surface area contributed by atoms with Crippen molar-refractivity contribution in [2.45, 2.75) is 6.54 Å². The number of hydrogen-bond acceptors (Lipinski definition) is 5. The van der Waals surface area contributed by atoms with Crippen molar-refractivity contribution in [2.75, 3.05) is 12.4 Å². The number of nitrogens with two attached hydrogens (primary N) is 1. The molecule has 0 aliphatic carbocycles. The van der Waals surface area contributed by atoms with Gasteiger partial charge in [0, 0.05) is 24.0 Å². The monoisotopic (exact) mass is 272 g/mol. The normalized spacial score (nSPS) is 11.2. The standard InChI is InChI=1S/C14H16N4O2/c1-20-12-6-4-11(5-7-12)17-9-10-3-2-8-16-13(10)14(15)18-19/h2-8,17,19H,9H2,1H3,(H2,15,18). The molecule has 0 fully saturated rings. The third kappa shape index (κ3) is 3.17. The largest absolute Gasteiger partial charge is 0.497 e. The Morgan fingerprint density at radius 3 is 2.75 bits per heavy atom. The first-order valence-corrected chi connectivity index (χ1v) is 6.04. The quantitative estimate of drug-likeness (QED) is 0.334. The first-order valence-electron chi connectivity index (χ1n) is 6.04. The Labute approximate surface area is 116 Å². The van der Waals surface area contributed by atoms with E-state index in [1.165, 1.54) is 0 Å². The number of amidine groups is 1. The van der Waals surface area contributed by atoms with E-state index in [4.69, 9.17) is 15.7 Å². The lowest BCUT2D eigenvalue weighted by Gasteiger charge is -2.10. The molecule has 1 aromatic carbocycles. The number of aromatic nitrogens is 1. The van der Waals surface area contributed by atoms with Gasteiger partial charge in [0.15, 0.2) is 5.84 Å². The molecule has 0 radical (unpaired) electrons. The van der Waals surface area contributed by atoms with Gasteiger partial charge in [0.1, 0.15) is 11.4 Å². The van der Waals surface area contributed by atoms with Crippen LogP contribution < -0.4 is 15.8 Å². The van der Waals surface area contributed by atoms with Crippen LogP contribution in [0, 0.1) is 0 Å². The van der Waals surface area contributed by atoms with Gasteiger partial charge in [0.2, 0.25) is 0 Å². The van der Waals surface area contributed by atoms with E-state index in [9.17, 15) is 0 Å². The smallest absolute Gasteiger partial charge is 0.189 e. The molecule has 104 valence electrons. The Bertz CT molecular complexity index is 596. The Hall–Kier alpha value is -2.76. The van der Waals surface area contributed by atoms with E-state index < -0.39 is 0 Å². The van der Waals surface area contributed by atoms with Crippen LogP contribution >= 0.6 is 0 Å². The first kappa shape index (κ1) is 13.7. The number of methoxy groups -OCH3 is 1. The number of ether oxygens (including phenoxy) is 1. The Morgan fingerprint density at radius 1 is 1.35 bits per heavy atom. The van der Waals surface area contributed by atoms with Crippen LogP contribution in [0.1, 0.15) is 11.3 Å². The fraction of sp³-hybridized carbons (Fsp3) is 0.143. The fourth-order valence-electron chi connectivity index (χ4n) is 1.77. The number of oxime groups is 1. The summed E-state index contributed by atoms with van der Waals surface area (Å²) in [6, 6.07) is 11.2. The predicted octanol–water partition coefficient (Wildman–Crippen LogP) is 1.80. The molecule has 4 N–H and O–H groups in total. The molecular weight excluding hydrogens is 256 g/mol. The van der Waals surface area contributed by atoms with Crippen molar-refractivity contribution in [3.63, 3.8) is 0 Å². The van der Waals surface area contributed by atoms with Crippen molar-refractivity contribution in [2.24, 2.45) is 10.9 Å². The van der Waals surface area contributed by atoms with Gasteiger partial charge < -0.3 is 21.0 Å². The second-order valence-electron chi connectivity index (χ2n) is 4.08. The molecule has 0 amide bonds. The van der Waals surface area contributed by atoms with Gasteiger partial charge in [-0.25, -0.2) is 0 Å². The minimum atomic E-state index is -0.00266. The highest BCUT2D eigenvalue weighted by Crippen LogP contribution is 2.16. The molecule has 0 unspecified atom stereocenters. The molecule has 6 heteroatoms. The van der Waals surface area contributed by atoms with Crippen LogP contribution in [0.25, 0.3) is 0 Å². The van der Waals surface area contributed by atoms with Crippen LogP contribution in [-0.2, 0) is 6.54 Å². The summed E-state index contributed by atoms with van der Waals surface area (Å²) < 4.78 is 5.10. The minimum Gasteiger partial charge on any atom is -0.497 e. The van der Waals surface area contributed by atoms with E-state index in [0.717, 1.165) is 17.0 Å². The summed E-state index contributed by atoms with van der Waals surface area (Å²) in [6.07, 6.45) is 1.60. The maximum absolute atomic E-state index is 8.74. The van der Waals surface area contributed by atoms with Gasteiger partial charge in [-0.15, -0.1) is 0 Å². The Kier molecular flexibility index (Phi) is 4.39. The lowest BCUT2D eigenvalue weighted by Crippen LogP contribution is -2.18. The van der Waals surface area contributed by atoms with Gasteiger partial charge in [0.25, 0.3) is 0 Å². The van der Waals surface area contributed by atoms with Gasteiger partial charge >= 0.3 is 0 Å². The van der Waals surface area contributed by atoms with Crippen LogP contribution in [-0.4, -0.2) is 23.1 Å². The van der Waals surface area contributed by atoms with Crippen molar-refractivity contribution in [3.8, 4) is 5.75 Å². The summed E-state index contributed by atoms with van der Waals surface area (Å²) in [5, 5.41) is 15.0. The summed E-state index contributed by atoms with van der Waals surface area (Å²) >= 11 is 0. The lowest BCUT2D eigenvalue weighted by atomic mass is 10.1. The third-order valence-electron chi connectivity index (χ3n) is 2.81. The molecule has 1 aromatic heterocycles. The lowest BCUT2D eigenvalue weighted by molar-refractivity contribution is 0.318. The summed E-state index contributed by atoms with van der Waals surface area (Å²) in [4.78, 5) is 4.11. The predicted molar refractivity (Wildman–Crippen MR) is 77.1 cm³/mol. The van der Waals surface area contributed by atoms with Gasteiger partial charge in [-0.3, -0.25) is 4.98 Å². The topological polar surface area (TPSA) is 92.8 Å². The fourth-order valence-corrected chi connectivity index (χ4v) is 1.77. The summed E-state index contributed by atoms with van der Waals surface area (Å²) in [5.74, 6) is 0.798. The van der Waals surface area contributed by atoms with Crippen LogP contribution in [0.2, 0.25) is 0 Å². The van der Waals surface area contributed by atoms with E-state index in [0.29, 0.717) is 12.2 Å². The minimum absolute atomic E-state index is 0.00266. The maximum atomic E-state index is 8.74. The summed E-state index contributed by atoms with van der Waals surface area (Å²) in [6.45, 7) is 0.520. The molecule has 20 heavy (non-hydrogen) atoms. The number of anilines is 1. The zero-order valence-electron chi connectivity index (χ0n) is 11.1. The Balaban J connectivity index is 2.10. The molecule has 6 nitrogen and oxygen atoms in total. The van der Waals surface area contributed by atoms with Gasteiger partial charge in [-0.2, -0.15) is 0 Å². The third-order valence-corrected chi connectivity index (χ3v) is 2.81. The molecule has 0 saturated carbocycles. The number of nitrogens with one attached hydrogen (secondary N) is 1. The SMILES string of the molecule is COc1ccc(NCc2cccnc2C(N)=NO)cc1. The van der Waals surface area contributed by atoms with E-state index in [1.807, 2.05) is 30.3 Å². The number of hydrogen-bond donors (Lipinski definition) is 3. The highest BCUT2D eigenvalue weighted by Gasteiger charge is 2.07. The van der Waals surface area contributed by atoms with Crippen molar-refractivity contribution in [1.82, 2.24) is 4.98 Å². The van der Waals surface area contributed by atoms with Crippen molar-refractivity contribution in [1.29, 1.82) is 0 Å². The molecule has 1 heterocycles. The first-order chi connectivity index (χ1) is 9.74. The summed E-state index contributed by atoms with van der Waals surface area (Å²) in [7, 11) is 1.63. The van der Waals surface area contributed by atoms with Crippen molar-refractivity contribution >= 4 is 11.5 Å². The van der Waals surface area contributed by atoms with Crippen molar-refractivity contribution in [3.05, 3.63) is 53.9 Å². The molecule has 0 bridgehead atoms. The van der Waals surface area contributed by atoms with Crippen LogP contribution in [0.5, 0.6) is 5.75 Å². The second kappa shape index (κ2) is 6.42. The van der Waals surface area contributed by atoms with Gasteiger partial charge in [0.05, 0.1) is 7.11 Å². The molecule has 2 aromatic rings. The average Bonchev–Trinajstić information content (AvgIpc) is 2.53. The van der Waals surface area contributed by atoms with Crippen LogP contribution in [0.4, 0.5) is 5.69 Å². The van der Waals surface area contributed by atoms with E-state index in [2.05, 4.69) is 15.5 Å². The molecule has 0 atom stereocenters. The number of rotatable bonds is 5. The molecule has 0 saturated heterocycles. The molecule has 0 aliphatic heterocycles. The zero-order chi connectivity index (χ0) is 14.4. The van der Waals surface area contributed by atoms with Gasteiger partial charge in [-0.1, -0.05) is 11.2 Å². The van der Waals surface area contributed by atoms with E-state index in [1.54, 1.807) is 19.4 Å². The second-order valence-corrected chi connectivity index (χ2v) is 4.08. The summed E-state index contributed by atoms with van der Waals surface area (Å²) in [5.41, 5.74) is 7.85. The van der Waals surface area contributed by atoms with Crippen LogP contribution in [0.3, 0.4) is 0 Å². The molecule has 0 aliphatic rings. The molecule has 0 spiro atoms. The zero-order valence-corrected chi connectivity index (χ0v) is 11.1. The van der Waals surface area contributed by atoms with Gasteiger partial charge in [-0.05, 0) is 30.3 Å². The highest BCUT2D eigenvalue weighted by molar-refractivity contribution is 5.96. The maximum Gasteiger partial charge on any atom is 0.189 e. The highest BCUT2D eigenvalue weighted by atomic mass is 16.5. The Morgan fingerprint density at radius 2 is 2.10 bits per heavy atom. The number of benzene rings is 1. The van der Waals surface area contributed by atoms with Crippen molar-refractivity contribution < 1.29 is 9.94 Å². The molecule has 2 rings (SSSR count). The molecular formula is C14H16N4O2. The van der Waals surface area contributed by atoms with E-state index >= 15 is 0 Å². The average molecular weight is 272 g/mol. The number of nitrogens with zero attached hydrogens (tertiary/aromatic N) is 2. The van der Waals surface area contributed by atoms with Crippen LogP contribution in [0.15, 0.2) is 47.8 Å². The van der Waals surface area contributed by atoms with E-state index in [-0.39, 0.29) is 5.84 Å².